The van der Waals surface area contributed by atoms with Gasteiger partial charge in [-0.25, -0.2) is 0 Å². The van der Waals surface area contributed by atoms with Crippen LogP contribution in [-0.4, -0.2) is 38.8 Å². The number of nitrogens with zero attached hydrogens (tertiary/aromatic N) is 2. The van der Waals surface area contributed by atoms with Crippen molar-refractivity contribution in [1.82, 2.24) is 5.32 Å². The lowest BCUT2D eigenvalue weighted by Gasteiger charge is -2.41. The Kier molecular flexibility index (Phi) is 4.69. The lowest BCUT2D eigenvalue weighted by atomic mass is 9.95. The number of hydrogen-bond donors (Lipinski definition) is 1. The van der Waals surface area contributed by atoms with E-state index in [-0.39, 0.29) is 0 Å². The number of likely N-dealkylation sites (N-methyl/N-ethyl adjacent to an activating group) is 1. The summed E-state index contributed by atoms with van der Waals surface area (Å²) in [4.78, 5) is 4.94. The van der Waals surface area contributed by atoms with Crippen LogP contribution in [-0.2, 0) is 0 Å². The average molecular weight is 287 g/mol. The maximum absolute atomic E-state index is 3.81. The van der Waals surface area contributed by atoms with Crippen molar-refractivity contribution in [3.05, 3.63) is 24.3 Å². The van der Waals surface area contributed by atoms with E-state index in [0.717, 1.165) is 25.7 Å². The molecule has 1 aliphatic heterocycles. The van der Waals surface area contributed by atoms with Gasteiger partial charge in [0.1, 0.15) is 0 Å². The van der Waals surface area contributed by atoms with Crippen molar-refractivity contribution in [2.24, 2.45) is 0 Å². The summed E-state index contributed by atoms with van der Waals surface area (Å²) in [7, 11) is 2.20. The van der Waals surface area contributed by atoms with Crippen LogP contribution in [0.1, 0.15) is 39.0 Å². The third-order valence-corrected chi connectivity index (χ3v) is 5.12. The fourth-order valence-electron chi connectivity index (χ4n) is 3.74. The normalized spacial score (nSPS) is 21.2. The fraction of sp³-hybridized carbons (Fsp3) is 0.667. The first-order chi connectivity index (χ1) is 10.3. The molecule has 0 radical (unpaired) electrons. The minimum absolute atomic E-state index is 0.557. The molecule has 0 bridgehead atoms. The number of benzene rings is 1. The molecule has 0 spiro atoms. The molecule has 21 heavy (non-hydrogen) atoms. The van der Waals surface area contributed by atoms with Crippen molar-refractivity contribution in [2.75, 3.05) is 36.5 Å². The Bertz CT molecular complexity index is 454. The topological polar surface area (TPSA) is 18.5 Å². The molecular weight excluding hydrogens is 258 g/mol. The number of rotatable bonds is 4. The Hall–Kier alpha value is -1.22. The van der Waals surface area contributed by atoms with E-state index in [1.165, 1.54) is 43.5 Å². The summed E-state index contributed by atoms with van der Waals surface area (Å²) in [5.74, 6) is 0. The van der Waals surface area contributed by atoms with E-state index in [1.807, 2.05) is 0 Å². The van der Waals surface area contributed by atoms with Crippen LogP contribution < -0.4 is 15.1 Å². The van der Waals surface area contributed by atoms with E-state index >= 15 is 0 Å². The average Bonchev–Trinajstić information content (AvgIpc) is 2.54. The fourth-order valence-corrected chi connectivity index (χ4v) is 3.74. The summed E-state index contributed by atoms with van der Waals surface area (Å²) in [6, 6.07) is 10.1. The molecule has 0 saturated heterocycles. The highest BCUT2D eigenvalue weighted by atomic mass is 15.3. The lowest BCUT2D eigenvalue weighted by molar-refractivity contribution is 0.364. The van der Waals surface area contributed by atoms with Crippen LogP contribution in [0.2, 0.25) is 0 Å². The monoisotopic (exact) mass is 287 g/mol. The number of fused-ring (bicyclic) bond motifs is 1. The number of anilines is 2. The van der Waals surface area contributed by atoms with Crippen molar-refractivity contribution in [3.63, 3.8) is 0 Å². The van der Waals surface area contributed by atoms with Crippen molar-refractivity contribution in [1.29, 1.82) is 0 Å². The predicted octanol–water partition coefficient (Wildman–Crippen LogP) is 3.25. The Balaban J connectivity index is 1.62. The highest BCUT2D eigenvalue weighted by Gasteiger charge is 2.24. The van der Waals surface area contributed by atoms with E-state index in [4.69, 9.17) is 0 Å². The molecule has 1 N–H and O–H groups in total. The molecule has 1 aromatic rings. The quantitative estimate of drug-likeness (QED) is 0.917. The van der Waals surface area contributed by atoms with Gasteiger partial charge >= 0.3 is 0 Å². The maximum atomic E-state index is 3.81. The van der Waals surface area contributed by atoms with E-state index in [9.17, 15) is 0 Å². The van der Waals surface area contributed by atoms with Gasteiger partial charge in [-0.2, -0.15) is 0 Å². The van der Waals surface area contributed by atoms with Gasteiger partial charge < -0.3 is 15.1 Å². The Morgan fingerprint density at radius 2 is 1.81 bits per heavy atom. The molecule has 1 saturated carbocycles. The van der Waals surface area contributed by atoms with Crippen LogP contribution in [0.3, 0.4) is 0 Å². The van der Waals surface area contributed by atoms with Crippen molar-refractivity contribution >= 4 is 11.4 Å². The number of para-hydroxylation sites is 2. The van der Waals surface area contributed by atoms with Crippen LogP contribution in [0.25, 0.3) is 0 Å². The van der Waals surface area contributed by atoms with E-state index in [1.54, 1.807) is 0 Å². The molecule has 1 aliphatic carbocycles. The summed E-state index contributed by atoms with van der Waals surface area (Å²) in [6.07, 6.45) is 6.98. The highest BCUT2D eigenvalue weighted by Crippen LogP contribution is 2.32. The number of nitrogens with one attached hydrogen (secondary N) is 1. The Morgan fingerprint density at radius 1 is 1.10 bits per heavy atom. The molecule has 116 valence electrons. The minimum atomic E-state index is 0.557. The molecule has 0 aromatic heterocycles. The van der Waals surface area contributed by atoms with Gasteiger partial charge in [0.15, 0.2) is 0 Å². The summed E-state index contributed by atoms with van der Waals surface area (Å²) >= 11 is 0. The Labute approximate surface area is 129 Å². The summed E-state index contributed by atoms with van der Waals surface area (Å²) in [6.45, 7) is 5.70. The highest BCUT2D eigenvalue weighted by molar-refractivity contribution is 5.73. The summed E-state index contributed by atoms with van der Waals surface area (Å²) in [5.41, 5.74) is 2.76. The minimum Gasteiger partial charge on any atom is -0.371 e. The third kappa shape index (κ3) is 3.34. The molecule has 3 heteroatoms. The second-order valence-corrected chi connectivity index (χ2v) is 6.70. The summed E-state index contributed by atoms with van der Waals surface area (Å²) < 4.78 is 0. The van der Waals surface area contributed by atoms with Gasteiger partial charge in [-0.1, -0.05) is 31.4 Å². The van der Waals surface area contributed by atoms with Gasteiger partial charge in [0.05, 0.1) is 11.4 Å². The third-order valence-electron chi connectivity index (χ3n) is 5.12. The van der Waals surface area contributed by atoms with E-state index in [0.29, 0.717) is 6.04 Å². The first-order valence-electron chi connectivity index (χ1n) is 8.56. The molecule has 1 atom stereocenters. The molecular formula is C18H29N3. The maximum Gasteiger partial charge on any atom is 0.0607 e. The zero-order chi connectivity index (χ0) is 14.7. The van der Waals surface area contributed by atoms with Gasteiger partial charge in [0, 0.05) is 38.8 Å². The van der Waals surface area contributed by atoms with Gasteiger partial charge in [-0.05, 0) is 31.9 Å². The van der Waals surface area contributed by atoms with Crippen molar-refractivity contribution < 1.29 is 0 Å². The van der Waals surface area contributed by atoms with Gasteiger partial charge in [-0.3, -0.25) is 0 Å². The Morgan fingerprint density at radius 3 is 2.57 bits per heavy atom. The molecule has 1 heterocycles. The summed E-state index contributed by atoms with van der Waals surface area (Å²) in [5, 5.41) is 3.81. The van der Waals surface area contributed by atoms with Crippen LogP contribution in [0.15, 0.2) is 24.3 Å². The van der Waals surface area contributed by atoms with Crippen LogP contribution >= 0.6 is 0 Å². The zero-order valence-corrected chi connectivity index (χ0v) is 13.5. The van der Waals surface area contributed by atoms with Crippen LogP contribution in [0, 0.1) is 0 Å². The van der Waals surface area contributed by atoms with Crippen LogP contribution in [0.5, 0.6) is 0 Å². The van der Waals surface area contributed by atoms with E-state index in [2.05, 4.69) is 53.4 Å². The van der Waals surface area contributed by atoms with Crippen molar-refractivity contribution in [3.8, 4) is 0 Å². The smallest absolute Gasteiger partial charge is 0.0607 e. The molecule has 3 rings (SSSR count). The van der Waals surface area contributed by atoms with Gasteiger partial charge in [0.2, 0.25) is 0 Å². The standard InChI is InChI=1S/C18H29N3/c1-15(14-19-16-8-4-3-5-9-16)21-13-12-20(2)17-10-6-7-11-18(17)21/h6-7,10-11,15-16,19H,3-5,8-9,12-14H2,1-2H3. The first kappa shape index (κ1) is 14.7. The predicted molar refractivity (Wildman–Crippen MR) is 91.4 cm³/mol. The molecule has 2 aliphatic rings. The van der Waals surface area contributed by atoms with E-state index < -0.39 is 0 Å². The van der Waals surface area contributed by atoms with Gasteiger partial charge in [-0.15, -0.1) is 0 Å². The molecule has 1 unspecified atom stereocenters. The van der Waals surface area contributed by atoms with Gasteiger partial charge in [0.25, 0.3) is 0 Å². The largest absolute Gasteiger partial charge is 0.371 e. The SMILES string of the molecule is CC(CNC1CCCCC1)N1CCN(C)c2ccccc21. The van der Waals surface area contributed by atoms with Crippen LogP contribution in [0.4, 0.5) is 11.4 Å². The first-order valence-corrected chi connectivity index (χ1v) is 8.56. The second kappa shape index (κ2) is 6.69. The molecule has 0 amide bonds. The zero-order valence-electron chi connectivity index (χ0n) is 13.5. The molecule has 1 aromatic carbocycles. The van der Waals surface area contributed by atoms with Crippen molar-refractivity contribution in [2.45, 2.75) is 51.1 Å². The molecule has 1 fully saturated rings. The molecule has 3 nitrogen and oxygen atoms in total. The lowest BCUT2D eigenvalue weighted by Crippen LogP contribution is -2.49. The second-order valence-electron chi connectivity index (χ2n) is 6.70. The number of hydrogen-bond acceptors (Lipinski definition) is 3.